The summed E-state index contributed by atoms with van der Waals surface area (Å²) < 4.78 is 17.5. The van der Waals surface area contributed by atoms with E-state index in [0.717, 1.165) is 48.8 Å². The summed E-state index contributed by atoms with van der Waals surface area (Å²) in [5.41, 5.74) is 7.48. The quantitative estimate of drug-likeness (QED) is 0.570. The normalized spacial score (nSPS) is 17.0. The molecular formula is C28H29NO3. The van der Waals surface area contributed by atoms with Crippen molar-refractivity contribution in [1.82, 2.24) is 5.32 Å². The van der Waals surface area contributed by atoms with Gasteiger partial charge in [-0.25, -0.2) is 0 Å². The molecule has 3 aromatic rings. The van der Waals surface area contributed by atoms with E-state index in [0.29, 0.717) is 6.61 Å². The van der Waals surface area contributed by atoms with Gasteiger partial charge in [-0.2, -0.15) is 0 Å². The highest BCUT2D eigenvalue weighted by atomic mass is 16.5. The van der Waals surface area contributed by atoms with Crippen LogP contribution in [0.4, 0.5) is 0 Å². The maximum Gasteiger partial charge on any atom is 0.161 e. The number of hydrogen-bond acceptors (Lipinski definition) is 4. The Labute approximate surface area is 189 Å². The Hall–Kier alpha value is -3.24. The van der Waals surface area contributed by atoms with Crippen LogP contribution in [0.25, 0.3) is 6.08 Å². The van der Waals surface area contributed by atoms with Crippen LogP contribution in [-0.2, 0) is 19.4 Å². The summed E-state index contributed by atoms with van der Waals surface area (Å²) in [4.78, 5) is 0. The smallest absolute Gasteiger partial charge is 0.161 e. The zero-order chi connectivity index (χ0) is 21.9. The summed E-state index contributed by atoms with van der Waals surface area (Å²) in [6, 6.07) is 19.1. The summed E-state index contributed by atoms with van der Waals surface area (Å²) in [6.07, 6.45) is 6.45. The third-order valence-electron chi connectivity index (χ3n) is 6.30. The molecule has 4 heteroatoms. The van der Waals surface area contributed by atoms with Crippen LogP contribution in [0.1, 0.15) is 39.4 Å². The van der Waals surface area contributed by atoms with Crippen molar-refractivity contribution in [2.45, 2.75) is 32.4 Å². The highest BCUT2D eigenvalue weighted by molar-refractivity contribution is 5.60. The van der Waals surface area contributed by atoms with E-state index in [1.807, 2.05) is 18.2 Å². The molecule has 0 bridgehead atoms. The number of rotatable bonds is 6. The van der Waals surface area contributed by atoms with E-state index in [2.05, 4.69) is 60.8 Å². The van der Waals surface area contributed by atoms with Crippen LogP contribution in [0.3, 0.4) is 0 Å². The number of hydrogen-bond donors (Lipinski definition) is 1. The molecule has 2 heterocycles. The molecule has 0 fully saturated rings. The minimum Gasteiger partial charge on any atom is -0.493 e. The first kappa shape index (κ1) is 20.7. The lowest BCUT2D eigenvalue weighted by molar-refractivity contribution is 0.283. The second-order valence-corrected chi connectivity index (χ2v) is 8.43. The molecule has 0 aliphatic carbocycles. The van der Waals surface area contributed by atoms with Crippen molar-refractivity contribution in [1.29, 1.82) is 0 Å². The van der Waals surface area contributed by atoms with Gasteiger partial charge < -0.3 is 19.5 Å². The zero-order valence-electron chi connectivity index (χ0n) is 18.7. The molecule has 4 nitrogen and oxygen atoms in total. The molecule has 2 aliphatic rings. The fraction of sp³-hybridized carbons (Fsp3) is 0.286. The van der Waals surface area contributed by atoms with E-state index in [-0.39, 0.29) is 6.04 Å². The number of benzene rings is 3. The van der Waals surface area contributed by atoms with E-state index >= 15 is 0 Å². The van der Waals surface area contributed by atoms with Crippen molar-refractivity contribution < 1.29 is 14.2 Å². The van der Waals surface area contributed by atoms with Gasteiger partial charge in [-0.05, 0) is 71.0 Å². The molecule has 0 amide bonds. The Kier molecular flexibility index (Phi) is 5.87. The van der Waals surface area contributed by atoms with Crippen LogP contribution in [0.2, 0.25) is 0 Å². The van der Waals surface area contributed by atoms with Crippen LogP contribution < -0.4 is 19.5 Å². The molecule has 2 aliphatic heterocycles. The predicted octanol–water partition coefficient (Wildman–Crippen LogP) is 5.42. The lowest BCUT2D eigenvalue weighted by Crippen LogP contribution is -2.28. The van der Waals surface area contributed by atoms with Crippen LogP contribution in [0.5, 0.6) is 17.2 Å². The average molecular weight is 428 g/mol. The van der Waals surface area contributed by atoms with Gasteiger partial charge in [0.05, 0.1) is 19.8 Å². The molecule has 0 saturated heterocycles. The fourth-order valence-corrected chi connectivity index (χ4v) is 4.50. The molecule has 1 atom stereocenters. The van der Waals surface area contributed by atoms with Crippen LogP contribution in [-0.4, -0.2) is 20.3 Å². The maximum absolute atomic E-state index is 6.13. The molecule has 0 saturated carbocycles. The van der Waals surface area contributed by atoms with Gasteiger partial charge in [0.1, 0.15) is 12.4 Å². The van der Waals surface area contributed by atoms with Crippen molar-refractivity contribution >= 4 is 6.08 Å². The molecule has 3 aromatic carbocycles. The molecule has 0 radical (unpaired) electrons. The third kappa shape index (κ3) is 4.23. The molecule has 164 valence electrons. The first-order chi connectivity index (χ1) is 15.7. The Morgan fingerprint density at radius 1 is 1.03 bits per heavy atom. The van der Waals surface area contributed by atoms with Gasteiger partial charge in [0, 0.05) is 13.0 Å². The van der Waals surface area contributed by atoms with Gasteiger partial charge in [-0.1, -0.05) is 42.5 Å². The minimum absolute atomic E-state index is 0.139. The molecule has 0 spiro atoms. The van der Waals surface area contributed by atoms with E-state index in [1.165, 1.54) is 27.8 Å². The highest BCUT2D eigenvalue weighted by Gasteiger charge is 2.21. The van der Waals surface area contributed by atoms with Crippen molar-refractivity contribution in [3.63, 3.8) is 0 Å². The number of aryl methyl sites for hydroxylation is 1. The van der Waals surface area contributed by atoms with E-state index in [1.54, 1.807) is 7.11 Å². The van der Waals surface area contributed by atoms with E-state index in [4.69, 9.17) is 14.2 Å². The topological polar surface area (TPSA) is 39.7 Å². The molecule has 0 aromatic heterocycles. The van der Waals surface area contributed by atoms with E-state index in [9.17, 15) is 0 Å². The Bertz CT molecular complexity index is 1140. The SMILES string of the molecule is COc1cc2c(cc1OCc1ccccc1)CCNC2/C=C/c1cc2c(cc1C)OCC2. The van der Waals surface area contributed by atoms with Gasteiger partial charge in [0.15, 0.2) is 11.5 Å². The van der Waals surface area contributed by atoms with Crippen molar-refractivity contribution in [3.05, 3.63) is 94.1 Å². The minimum atomic E-state index is 0.139. The Morgan fingerprint density at radius 2 is 1.91 bits per heavy atom. The molecule has 1 N–H and O–H groups in total. The van der Waals surface area contributed by atoms with Gasteiger partial charge in [0.2, 0.25) is 0 Å². The summed E-state index contributed by atoms with van der Waals surface area (Å²) in [7, 11) is 1.70. The number of methoxy groups -OCH3 is 1. The summed E-state index contributed by atoms with van der Waals surface area (Å²) in [5, 5.41) is 3.64. The fourth-order valence-electron chi connectivity index (χ4n) is 4.50. The average Bonchev–Trinajstić information content (AvgIpc) is 3.28. The first-order valence-corrected chi connectivity index (χ1v) is 11.3. The monoisotopic (exact) mass is 427 g/mol. The number of fused-ring (bicyclic) bond motifs is 2. The maximum atomic E-state index is 6.13. The van der Waals surface area contributed by atoms with E-state index < -0.39 is 0 Å². The first-order valence-electron chi connectivity index (χ1n) is 11.3. The second kappa shape index (κ2) is 9.09. The summed E-state index contributed by atoms with van der Waals surface area (Å²) in [6.45, 7) is 4.39. The number of nitrogens with one attached hydrogen (secondary N) is 1. The standard InChI is InChI=1S/C28H29NO3/c1-19-14-26-23(11-13-31-26)15-21(19)8-9-25-24-17-27(30-2)28(16-22(24)10-12-29-25)32-18-20-6-4-3-5-7-20/h3-9,14-17,25,29H,10-13,18H2,1-2H3/b9-8+. The van der Waals surface area contributed by atoms with Crippen molar-refractivity contribution in [3.8, 4) is 17.2 Å². The highest BCUT2D eigenvalue weighted by Crippen LogP contribution is 2.37. The Balaban J connectivity index is 1.39. The van der Waals surface area contributed by atoms with Gasteiger partial charge in [-0.3, -0.25) is 0 Å². The second-order valence-electron chi connectivity index (χ2n) is 8.43. The predicted molar refractivity (Wildman–Crippen MR) is 128 cm³/mol. The van der Waals surface area contributed by atoms with Gasteiger partial charge in [0.25, 0.3) is 0 Å². The lowest BCUT2D eigenvalue weighted by atomic mass is 9.92. The van der Waals surface area contributed by atoms with Gasteiger partial charge in [-0.15, -0.1) is 0 Å². The van der Waals surface area contributed by atoms with Gasteiger partial charge >= 0.3 is 0 Å². The molecule has 1 unspecified atom stereocenters. The number of ether oxygens (including phenoxy) is 3. The van der Waals surface area contributed by atoms with Crippen molar-refractivity contribution in [2.75, 3.05) is 20.3 Å². The summed E-state index contributed by atoms with van der Waals surface area (Å²) in [5.74, 6) is 2.61. The third-order valence-corrected chi connectivity index (χ3v) is 6.30. The molecule has 32 heavy (non-hydrogen) atoms. The zero-order valence-corrected chi connectivity index (χ0v) is 18.7. The van der Waals surface area contributed by atoms with Crippen LogP contribution >= 0.6 is 0 Å². The van der Waals surface area contributed by atoms with Crippen LogP contribution in [0, 0.1) is 6.92 Å². The molecular weight excluding hydrogens is 398 g/mol. The summed E-state index contributed by atoms with van der Waals surface area (Å²) >= 11 is 0. The van der Waals surface area contributed by atoms with Crippen LogP contribution in [0.15, 0.2) is 60.7 Å². The van der Waals surface area contributed by atoms with Crippen molar-refractivity contribution in [2.24, 2.45) is 0 Å². The Morgan fingerprint density at radius 3 is 2.75 bits per heavy atom. The largest absolute Gasteiger partial charge is 0.493 e. The molecule has 5 rings (SSSR count). The lowest BCUT2D eigenvalue weighted by Gasteiger charge is -2.26.